The molecule has 1 aromatic carbocycles. The molecule has 1 N–H and O–H groups in total. The predicted molar refractivity (Wildman–Crippen MR) is 80.0 cm³/mol. The van der Waals surface area contributed by atoms with Crippen LogP contribution >= 0.6 is 15.9 Å². The molecule has 0 aliphatic carbocycles. The Hall–Kier alpha value is -1.55. The van der Waals surface area contributed by atoms with E-state index < -0.39 is 0 Å². The van der Waals surface area contributed by atoms with Gasteiger partial charge in [-0.3, -0.25) is 4.79 Å². The Morgan fingerprint density at radius 2 is 2.05 bits per heavy atom. The summed E-state index contributed by atoms with van der Waals surface area (Å²) >= 11 is 3.42. The molecule has 1 aromatic heterocycles. The normalized spacial score (nSPS) is 10.4. The molecular formula is C15H17BrN2O. The molecule has 3 nitrogen and oxygen atoms in total. The lowest BCUT2D eigenvalue weighted by atomic mass is 10.2. The van der Waals surface area contributed by atoms with Crippen LogP contribution in [0.15, 0.2) is 47.1 Å². The summed E-state index contributed by atoms with van der Waals surface area (Å²) in [5.74, 6) is -0.0389. The quantitative estimate of drug-likeness (QED) is 0.897. The zero-order valence-corrected chi connectivity index (χ0v) is 12.5. The van der Waals surface area contributed by atoms with Crippen molar-refractivity contribution in [1.29, 1.82) is 0 Å². The molecule has 0 spiro atoms. The molecule has 0 saturated carbocycles. The molecule has 0 aliphatic rings. The standard InChI is InChI=1S/C15H17BrN2O/c1-2-8-18-11-13(16)9-14(18)15(19)17-10-12-6-4-3-5-7-12/h3-7,9,11H,2,8,10H2,1H3,(H,17,19). The summed E-state index contributed by atoms with van der Waals surface area (Å²) in [6.07, 6.45) is 2.95. The monoisotopic (exact) mass is 320 g/mol. The van der Waals surface area contributed by atoms with Crippen molar-refractivity contribution >= 4 is 21.8 Å². The molecule has 0 fully saturated rings. The van der Waals surface area contributed by atoms with Crippen LogP contribution < -0.4 is 5.32 Å². The Balaban J connectivity index is 2.03. The summed E-state index contributed by atoms with van der Waals surface area (Å²) in [5, 5.41) is 2.95. The molecule has 2 rings (SSSR count). The van der Waals surface area contributed by atoms with Gasteiger partial charge in [0.2, 0.25) is 0 Å². The van der Waals surface area contributed by atoms with Crippen LogP contribution in [0.1, 0.15) is 29.4 Å². The predicted octanol–water partition coefficient (Wildman–Crippen LogP) is 3.59. The van der Waals surface area contributed by atoms with Crippen LogP contribution in [0.3, 0.4) is 0 Å². The summed E-state index contributed by atoms with van der Waals surface area (Å²) < 4.78 is 2.91. The van der Waals surface area contributed by atoms with Gasteiger partial charge in [-0.1, -0.05) is 37.3 Å². The lowest BCUT2D eigenvalue weighted by Crippen LogP contribution is -2.25. The number of aryl methyl sites for hydroxylation is 1. The minimum atomic E-state index is -0.0389. The van der Waals surface area contributed by atoms with Crippen molar-refractivity contribution < 1.29 is 4.79 Å². The molecule has 1 heterocycles. The number of nitrogens with zero attached hydrogens (tertiary/aromatic N) is 1. The lowest BCUT2D eigenvalue weighted by Gasteiger charge is -2.08. The van der Waals surface area contributed by atoms with Gasteiger partial charge in [-0.05, 0) is 34.0 Å². The van der Waals surface area contributed by atoms with Crippen LogP contribution in [0.5, 0.6) is 0 Å². The van der Waals surface area contributed by atoms with Crippen LogP contribution in [0.25, 0.3) is 0 Å². The Morgan fingerprint density at radius 3 is 2.74 bits per heavy atom. The van der Waals surface area contributed by atoms with E-state index in [1.54, 1.807) is 0 Å². The fraction of sp³-hybridized carbons (Fsp3) is 0.267. The number of nitrogens with one attached hydrogen (secondary N) is 1. The average Bonchev–Trinajstić information content (AvgIpc) is 2.79. The number of hydrogen-bond acceptors (Lipinski definition) is 1. The van der Waals surface area contributed by atoms with Gasteiger partial charge in [0.15, 0.2) is 0 Å². The molecule has 4 heteroatoms. The number of halogens is 1. The molecule has 2 aromatic rings. The molecular weight excluding hydrogens is 304 g/mol. The van der Waals surface area contributed by atoms with Crippen molar-refractivity contribution in [3.05, 3.63) is 58.3 Å². The molecule has 0 atom stereocenters. The highest BCUT2D eigenvalue weighted by atomic mass is 79.9. The number of benzene rings is 1. The van der Waals surface area contributed by atoms with Crippen LogP contribution in [0.4, 0.5) is 0 Å². The van der Waals surface area contributed by atoms with E-state index in [0.717, 1.165) is 23.0 Å². The molecule has 0 bridgehead atoms. The number of carbonyl (C=O) groups excluding carboxylic acids is 1. The van der Waals surface area contributed by atoms with Gasteiger partial charge < -0.3 is 9.88 Å². The van der Waals surface area contributed by atoms with Crippen molar-refractivity contribution in [2.45, 2.75) is 26.4 Å². The number of aromatic nitrogens is 1. The molecule has 0 unspecified atom stereocenters. The van der Waals surface area contributed by atoms with Gasteiger partial charge in [-0.2, -0.15) is 0 Å². The third-order valence-corrected chi connectivity index (χ3v) is 3.29. The maximum absolute atomic E-state index is 12.2. The van der Waals surface area contributed by atoms with Crippen molar-refractivity contribution in [3.8, 4) is 0 Å². The first-order valence-corrected chi connectivity index (χ1v) is 7.18. The van der Waals surface area contributed by atoms with Crippen LogP contribution in [-0.2, 0) is 13.1 Å². The summed E-state index contributed by atoms with van der Waals surface area (Å²) in [4.78, 5) is 12.2. The smallest absolute Gasteiger partial charge is 0.268 e. The maximum Gasteiger partial charge on any atom is 0.268 e. The topological polar surface area (TPSA) is 34.0 Å². The summed E-state index contributed by atoms with van der Waals surface area (Å²) in [6.45, 7) is 3.49. The minimum absolute atomic E-state index is 0.0389. The van der Waals surface area contributed by atoms with E-state index in [1.807, 2.05) is 47.2 Å². The largest absolute Gasteiger partial charge is 0.347 e. The average molecular weight is 321 g/mol. The lowest BCUT2D eigenvalue weighted by molar-refractivity contribution is 0.0941. The molecule has 100 valence electrons. The highest BCUT2D eigenvalue weighted by Gasteiger charge is 2.12. The van der Waals surface area contributed by atoms with E-state index in [0.29, 0.717) is 12.2 Å². The van der Waals surface area contributed by atoms with E-state index >= 15 is 0 Å². The van der Waals surface area contributed by atoms with E-state index in [2.05, 4.69) is 28.2 Å². The minimum Gasteiger partial charge on any atom is -0.347 e. The highest BCUT2D eigenvalue weighted by molar-refractivity contribution is 9.10. The number of carbonyl (C=O) groups is 1. The number of amides is 1. The van der Waals surface area contributed by atoms with Gasteiger partial charge in [0.05, 0.1) is 0 Å². The van der Waals surface area contributed by atoms with Crippen LogP contribution in [0.2, 0.25) is 0 Å². The Bertz CT molecular complexity index is 549. The Labute approximate surface area is 121 Å². The zero-order chi connectivity index (χ0) is 13.7. The fourth-order valence-electron chi connectivity index (χ4n) is 1.96. The van der Waals surface area contributed by atoms with Gasteiger partial charge in [-0.15, -0.1) is 0 Å². The second-order valence-corrected chi connectivity index (χ2v) is 5.32. The maximum atomic E-state index is 12.2. The molecule has 0 saturated heterocycles. The van der Waals surface area contributed by atoms with Gasteiger partial charge in [0, 0.05) is 23.8 Å². The first kappa shape index (κ1) is 13.9. The van der Waals surface area contributed by atoms with E-state index in [9.17, 15) is 4.79 Å². The van der Waals surface area contributed by atoms with Crippen molar-refractivity contribution in [2.75, 3.05) is 0 Å². The third-order valence-electron chi connectivity index (χ3n) is 2.86. The SMILES string of the molecule is CCCn1cc(Br)cc1C(=O)NCc1ccccc1. The molecule has 0 aliphatic heterocycles. The van der Waals surface area contributed by atoms with Gasteiger partial charge >= 0.3 is 0 Å². The molecule has 1 amide bonds. The first-order chi connectivity index (χ1) is 9.20. The van der Waals surface area contributed by atoms with Crippen molar-refractivity contribution in [1.82, 2.24) is 9.88 Å². The summed E-state index contributed by atoms with van der Waals surface area (Å²) in [6, 6.07) is 11.8. The van der Waals surface area contributed by atoms with Crippen LogP contribution in [0, 0.1) is 0 Å². The third kappa shape index (κ3) is 3.70. The first-order valence-electron chi connectivity index (χ1n) is 6.38. The Kier molecular flexibility index (Phi) is 4.80. The second kappa shape index (κ2) is 6.57. The zero-order valence-electron chi connectivity index (χ0n) is 10.9. The number of rotatable bonds is 5. The molecule has 0 radical (unpaired) electrons. The summed E-state index contributed by atoms with van der Waals surface area (Å²) in [7, 11) is 0. The van der Waals surface area contributed by atoms with E-state index in [4.69, 9.17) is 0 Å². The van der Waals surface area contributed by atoms with Crippen molar-refractivity contribution in [2.24, 2.45) is 0 Å². The van der Waals surface area contributed by atoms with E-state index in [-0.39, 0.29) is 5.91 Å². The highest BCUT2D eigenvalue weighted by Crippen LogP contribution is 2.15. The van der Waals surface area contributed by atoms with Gasteiger partial charge in [0.1, 0.15) is 5.69 Å². The van der Waals surface area contributed by atoms with Crippen molar-refractivity contribution in [3.63, 3.8) is 0 Å². The van der Waals surface area contributed by atoms with E-state index in [1.165, 1.54) is 0 Å². The fourth-order valence-corrected chi connectivity index (χ4v) is 2.42. The second-order valence-electron chi connectivity index (χ2n) is 4.41. The van der Waals surface area contributed by atoms with Gasteiger partial charge in [0.25, 0.3) is 5.91 Å². The summed E-state index contributed by atoms with van der Waals surface area (Å²) in [5.41, 5.74) is 1.80. The van der Waals surface area contributed by atoms with Crippen LogP contribution in [-0.4, -0.2) is 10.5 Å². The molecule has 19 heavy (non-hydrogen) atoms. The Morgan fingerprint density at radius 1 is 1.32 bits per heavy atom. The van der Waals surface area contributed by atoms with Gasteiger partial charge in [-0.25, -0.2) is 0 Å². The number of hydrogen-bond donors (Lipinski definition) is 1.